The van der Waals surface area contributed by atoms with Crippen LogP contribution in [0.25, 0.3) is 5.69 Å². The van der Waals surface area contributed by atoms with Crippen molar-refractivity contribution in [2.24, 2.45) is 0 Å². The predicted molar refractivity (Wildman–Crippen MR) is 130 cm³/mol. The van der Waals surface area contributed by atoms with Crippen LogP contribution in [0.5, 0.6) is 0 Å². The first-order valence-electron chi connectivity index (χ1n) is 10.4. The van der Waals surface area contributed by atoms with Crippen LogP contribution in [0.1, 0.15) is 27.5 Å². The molecule has 172 valence electrons. The third kappa shape index (κ3) is 4.35. The van der Waals surface area contributed by atoms with Crippen molar-refractivity contribution < 1.29 is 9.59 Å². The van der Waals surface area contributed by atoms with Gasteiger partial charge in [-0.25, -0.2) is 19.3 Å². The Morgan fingerprint density at radius 3 is 2.18 bits per heavy atom. The maximum atomic E-state index is 13.4. The van der Waals surface area contributed by atoms with Gasteiger partial charge in [0, 0.05) is 11.3 Å². The molecule has 0 fully saturated rings. The Hall–Kier alpha value is -4.17. The van der Waals surface area contributed by atoms with Crippen molar-refractivity contribution in [3.05, 3.63) is 115 Å². The molecule has 4 rings (SSSR count). The molecular weight excluding hydrogens is 456 g/mol. The minimum absolute atomic E-state index is 0.180. The number of hydrogen-bond acceptors (Lipinski definition) is 4. The Morgan fingerprint density at radius 2 is 1.56 bits per heavy atom. The maximum absolute atomic E-state index is 13.4. The van der Waals surface area contributed by atoms with E-state index in [1.165, 1.54) is 12.1 Å². The number of carbonyl (C=O) groups excluding carboxylic acids is 2. The lowest BCUT2D eigenvalue weighted by Gasteiger charge is -2.16. The second kappa shape index (κ2) is 9.36. The van der Waals surface area contributed by atoms with Crippen LogP contribution >= 0.6 is 11.6 Å². The van der Waals surface area contributed by atoms with Crippen molar-refractivity contribution in [2.45, 2.75) is 19.9 Å². The van der Waals surface area contributed by atoms with Crippen molar-refractivity contribution in [2.75, 3.05) is 5.32 Å². The number of hydrogen-bond donors (Lipinski definition) is 2. The second-order valence-electron chi connectivity index (χ2n) is 7.81. The van der Waals surface area contributed by atoms with Gasteiger partial charge in [0.2, 0.25) is 0 Å². The smallest absolute Gasteiger partial charge is 0.324 e. The average molecular weight is 477 g/mol. The number of aryl methyl sites for hydroxylation is 2. The molecule has 0 aliphatic heterocycles. The lowest BCUT2D eigenvalue weighted by molar-refractivity contribution is -0.118. The monoisotopic (exact) mass is 476 g/mol. The Balaban J connectivity index is 1.87. The quantitative estimate of drug-likeness (QED) is 0.327. The molecule has 34 heavy (non-hydrogen) atoms. The molecule has 1 unspecified atom stereocenters. The first kappa shape index (κ1) is 23.0. The SMILES string of the molecule is Cc1cc(C)c(-n2[nH]c(=O)n(C(C(=O)Nc3ccccc3)C(=O)c3ccccc3)c2=O)c(Cl)c1. The van der Waals surface area contributed by atoms with E-state index in [-0.39, 0.29) is 16.3 Å². The number of halogens is 1. The second-order valence-corrected chi connectivity index (χ2v) is 8.21. The summed E-state index contributed by atoms with van der Waals surface area (Å²) in [4.78, 5) is 53.1. The fourth-order valence-electron chi connectivity index (χ4n) is 3.81. The summed E-state index contributed by atoms with van der Waals surface area (Å²) in [6.45, 7) is 3.59. The summed E-state index contributed by atoms with van der Waals surface area (Å²) in [7, 11) is 0. The summed E-state index contributed by atoms with van der Waals surface area (Å²) in [5.74, 6) is -1.52. The number of aromatic amines is 1. The summed E-state index contributed by atoms with van der Waals surface area (Å²) in [5.41, 5.74) is 0.567. The van der Waals surface area contributed by atoms with E-state index in [1.807, 2.05) is 6.92 Å². The number of nitrogens with zero attached hydrogens (tertiary/aromatic N) is 2. The van der Waals surface area contributed by atoms with Crippen LogP contribution in [-0.2, 0) is 4.79 Å². The average Bonchev–Trinajstić information content (AvgIpc) is 3.08. The Labute approximate surface area is 199 Å². The standard InChI is InChI=1S/C25H21ClN4O4/c1-15-13-16(2)20(19(26)14-15)30-25(34)29(24(33)28-30)21(22(31)17-9-5-3-6-10-17)23(32)27-18-11-7-4-8-12-18/h3-14,21H,1-2H3,(H,27,32)(H,28,33). The van der Waals surface area contributed by atoms with E-state index >= 15 is 0 Å². The number of Topliss-reactive ketones (excluding diaryl/α,β-unsaturated/α-hetero) is 1. The molecule has 0 saturated heterocycles. The number of amides is 1. The van der Waals surface area contributed by atoms with E-state index in [4.69, 9.17) is 11.6 Å². The first-order chi connectivity index (χ1) is 16.3. The van der Waals surface area contributed by atoms with E-state index in [2.05, 4.69) is 10.4 Å². The summed E-state index contributed by atoms with van der Waals surface area (Å²) >= 11 is 6.37. The van der Waals surface area contributed by atoms with Crippen molar-refractivity contribution in [3.63, 3.8) is 0 Å². The molecule has 0 bridgehead atoms. The van der Waals surface area contributed by atoms with Crippen LogP contribution in [0.4, 0.5) is 5.69 Å². The molecule has 4 aromatic rings. The first-order valence-corrected chi connectivity index (χ1v) is 10.8. The topological polar surface area (TPSA) is 106 Å². The summed E-state index contributed by atoms with van der Waals surface area (Å²) in [6.07, 6.45) is 0. The molecule has 0 aliphatic rings. The fraction of sp³-hybridized carbons (Fsp3) is 0.120. The lowest BCUT2D eigenvalue weighted by atomic mass is 10.0. The van der Waals surface area contributed by atoms with Gasteiger partial charge in [-0.15, -0.1) is 0 Å². The fourth-order valence-corrected chi connectivity index (χ4v) is 4.21. The largest absolute Gasteiger partial charge is 0.352 e. The van der Waals surface area contributed by atoms with Crippen LogP contribution < -0.4 is 16.7 Å². The zero-order valence-electron chi connectivity index (χ0n) is 18.4. The van der Waals surface area contributed by atoms with Crippen LogP contribution in [-0.4, -0.2) is 26.0 Å². The Bertz CT molecular complexity index is 1460. The highest BCUT2D eigenvalue weighted by atomic mass is 35.5. The number of benzene rings is 3. The van der Waals surface area contributed by atoms with Gasteiger partial charge in [0.05, 0.1) is 10.7 Å². The lowest BCUT2D eigenvalue weighted by Crippen LogP contribution is -2.43. The van der Waals surface area contributed by atoms with Crippen LogP contribution in [0.15, 0.2) is 82.4 Å². The number of ketones is 1. The highest BCUT2D eigenvalue weighted by Gasteiger charge is 2.34. The van der Waals surface area contributed by atoms with Crippen LogP contribution in [0, 0.1) is 13.8 Å². The predicted octanol–water partition coefficient (Wildman–Crippen LogP) is 3.66. The van der Waals surface area contributed by atoms with E-state index in [0.29, 0.717) is 15.8 Å². The van der Waals surface area contributed by atoms with Gasteiger partial charge in [-0.05, 0) is 43.2 Å². The number of carbonyl (C=O) groups is 2. The molecule has 1 atom stereocenters. The molecule has 3 aromatic carbocycles. The molecule has 1 heterocycles. The van der Waals surface area contributed by atoms with Crippen molar-refractivity contribution in [1.29, 1.82) is 0 Å². The Kier molecular flexibility index (Phi) is 6.34. The molecule has 8 nitrogen and oxygen atoms in total. The number of anilines is 1. The van der Waals surface area contributed by atoms with Gasteiger partial charge >= 0.3 is 11.4 Å². The highest BCUT2D eigenvalue weighted by Crippen LogP contribution is 2.24. The number of rotatable bonds is 6. The van der Waals surface area contributed by atoms with E-state index in [0.717, 1.165) is 10.2 Å². The van der Waals surface area contributed by atoms with Gasteiger partial charge in [-0.3, -0.25) is 9.59 Å². The summed E-state index contributed by atoms with van der Waals surface area (Å²) in [6, 6.07) is 18.2. The van der Waals surface area contributed by atoms with Gasteiger partial charge in [-0.2, -0.15) is 4.68 Å². The minimum Gasteiger partial charge on any atom is -0.324 e. The summed E-state index contributed by atoms with van der Waals surface area (Å²) in [5, 5.41) is 5.29. The number of H-pyrrole nitrogens is 1. The number of nitrogens with one attached hydrogen (secondary N) is 2. The van der Waals surface area contributed by atoms with Crippen molar-refractivity contribution in [1.82, 2.24) is 14.3 Å². The van der Waals surface area contributed by atoms with Crippen LogP contribution in [0.2, 0.25) is 5.02 Å². The molecule has 0 saturated carbocycles. The number of aromatic nitrogens is 3. The zero-order chi connectivity index (χ0) is 24.4. The third-order valence-corrected chi connectivity index (χ3v) is 5.59. The molecule has 0 aliphatic carbocycles. The van der Waals surface area contributed by atoms with Gasteiger partial charge in [-0.1, -0.05) is 66.2 Å². The van der Waals surface area contributed by atoms with Crippen molar-refractivity contribution >= 4 is 29.0 Å². The molecule has 2 N–H and O–H groups in total. The minimum atomic E-state index is -1.75. The van der Waals surface area contributed by atoms with Crippen molar-refractivity contribution in [3.8, 4) is 5.69 Å². The molecule has 0 radical (unpaired) electrons. The highest BCUT2D eigenvalue weighted by molar-refractivity contribution is 6.32. The molecule has 9 heteroatoms. The molecule has 1 amide bonds. The molecular formula is C25H21ClN4O4. The normalized spacial score (nSPS) is 11.7. The molecule has 1 aromatic heterocycles. The number of para-hydroxylation sites is 1. The Morgan fingerprint density at radius 1 is 0.941 bits per heavy atom. The van der Waals surface area contributed by atoms with E-state index in [9.17, 15) is 19.2 Å². The molecule has 0 spiro atoms. The summed E-state index contributed by atoms with van der Waals surface area (Å²) < 4.78 is 1.57. The van der Waals surface area contributed by atoms with Gasteiger partial charge < -0.3 is 5.32 Å². The van der Waals surface area contributed by atoms with Gasteiger partial charge in [0.1, 0.15) is 0 Å². The van der Waals surface area contributed by atoms with E-state index < -0.39 is 29.1 Å². The maximum Gasteiger partial charge on any atom is 0.352 e. The van der Waals surface area contributed by atoms with E-state index in [1.54, 1.807) is 67.6 Å². The third-order valence-electron chi connectivity index (χ3n) is 5.30. The van der Waals surface area contributed by atoms with Gasteiger partial charge in [0.15, 0.2) is 11.8 Å². The van der Waals surface area contributed by atoms with Gasteiger partial charge in [0.25, 0.3) is 5.91 Å². The van der Waals surface area contributed by atoms with Crippen LogP contribution in [0.3, 0.4) is 0 Å². The zero-order valence-corrected chi connectivity index (χ0v) is 19.2.